The van der Waals surface area contributed by atoms with Crippen molar-refractivity contribution in [3.63, 3.8) is 0 Å². The minimum Gasteiger partial charge on any atom is -0.490 e. The number of hydrogen-bond acceptors (Lipinski definition) is 3. The Balaban J connectivity index is 2.03. The van der Waals surface area contributed by atoms with Crippen LogP contribution in [-0.2, 0) is 0 Å². The number of carboxylic acids is 1. The Morgan fingerprint density at radius 2 is 1.81 bits per heavy atom. The Morgan fingerprint density at radius 1 is 1.14 bits per heavy atom. The molecule has 0 saturated carbocycles. The summed E-state index contributed by atoms with van der Waals surface area (Å²) in [5.41, 5.74) is 1.88. The molecule has 106 valence electrons. The molecule has 21 heavy (non-hydrogen) atoms. The standard InChI is InChI=1S/C17H15NO3/c1-2-11-21-16-9-3-13(4-10-16)12-18-15-7-5-14(6-8-15)17(19)20/h2-10,12H,1,11H2,(H,19,20). The first-order valence-electron chi connectivity index (χ1n) is 6.40. The summed E-state index contributed by atoms with van der Waals surface area (Å²) in [4.78, 5) is 15.0. The number of rotatable bonds is 6. The molecule has 0 aliphatic rings. The van der Waals surface area contributed by atoms with E-state index in [0.717, 1.165) is 11.3 Å². The first-order chi connectivity index (χ1) is 10.2. The van der Waals surface area contributed by atoms with Crippen LogP contribution in [0.3, 0.4) is 0 Å². The van der Waals surface area contributed by atoms with Crippen LogP contribution in [0.25, 0.3) is 0 Å². The third kappa shape index (κ3) is 4.31. The van der Waals surface area contributed by atoms with Crippen molar-refractivity contribution < 1.29 is 14.6 Å². The van der Waals surface area contributed by atoms with Gasteiger partial charge in [-0.25, -0.2) is 4.79 Å². The molecule has 2 rings (SSSR count). The van der Waals surface area contributed by atoms with E-state index in [0.29, 0.717) is 12.3 Å². The Kier molecular flexibility index (Phi) is 4.88. The fourth-order valence-electron chi connectivity index (χ4n) is 1.64. The second kappa shape index (κ2) is 7.05. The van der Waals surface area contributed by atoms with Gasteiger partial charge < -0.3 is 9.84 Å². The van der Waals surface area contributed by atoms with Crippen LogP contribution < -0.4 is 4.74 Å². The second-order valence-corrected chi connectivity index (χ2v) is 4.28. The molecule has 0 fully saturated rings. The SMILES string of the molecule is C=CCOc1ccc(C=Nc2ccc(C(=O)O)cc2)cc1. The van der Waals surface area contributed by atoms with Gasteiger partial charge in [0, 0.05) is 6.21 Å². The van der Waals surface area contributed by atoms with Crippen molar-refractivity contribution in [3.05, 3.63) is 72.3 Å². The van der Waals surface area contributed by atoms with E-state index in [4.69, 9.17) is 9.84 Å². The van der Waals surface area contributed by atoms with E-state index in [1.165, 1.54) is 12.1 Å². The molecular formula is C17H15NO3. The van der Waals surface area contributed by atoms with Gasteiger partial charge in [0.1, 0.15) is 12.4 Å². The number of carbonyl (C=O) groups is 1. The normalized spacial score (nSPS) is 10.5. The van der Waals surface area contributed by atoms with Gasteiger partial charge in [-0.05, 0) is 54.1 Å². The molecule has 0 unspecified atom stereocenters. The summed E-state index contributed by atoms with van der Waals surface area (Å²) in [6.45, 7) is 4.07. The zero-order valence-corrected chi connectivity index (χ0v) is 11.4. The summed E-state index contributed by atoms with van der Waals surface area (Å²) in [6.07, 6.45) is 3.41. The third-order valence-electron chi connectivity index (χ3n) is 2.72. The summed E-state index contributed by atoms with van der Waals surface area (Å²) in [5, 5.41) is 8.81. The highest BCUT2D eigenvalue weighted by molar-refractivity contribution is 5.88. The summed E-state index contributed by atoms with van der Waals surface area (Å²) >= 11 is 0. The van der Waals surface area contributed by atoms with Gasteiger partial charge in [-0.3, -0.25) is 4.99 Å². The largest absolute Gasteiger partial charge is 0.490 e. The topological polar surface area (TPSA) is 58.9 Å². The quantitative estimate of drug-likeness (QED) is 0.648. The lowest BCUT2D eigenvalue weighted by Crippen LogP contribution is -1.94. The lowest BCUT2D eigenvalue weighted by molar-refractivity contribution is 0.0697. The Labute approximate surface area is 123 Å². The molecule has 0 bridgehead atoms. The number of hydrogen-bond donors (Lipinski definition) is 1. The van der Waals surface area contributed by atoms with Gasteiger partial charge in [0.15, 0.2) is 0 Å². The van der Waals surface area contributed by atoms with Crippen molar-refractivity contribution >= 4 is 17.9 Å². The van der Waals surface area contributed by atoms with Gasteiger partial charge in [-0.2, -0.15) is 0 Å². The van der Waals surface area contributed by atoms with Crippen molar-refractivity contribution in [1.82, 2.24) is 0 Å². The van der Waals surface area contributed by atoms with E-state index < -0.39 is 5.97 Å². The zero-order valence-electron chi connectivity index (χ0n) is 11.4. The first kappa shape index (κ1) is 14.5. The minimum atomic E-state index is -0.944. The molecule has 0 heterocycles. The molecule has 0 aliphatic heterocycles. The van der Waals surface area contributed by atoms with Gasteiger partial charge in [0.25, 0.3) is 0 Å². The van der Waals surface area contributed by atoms with E-state index in [9.17, 15) is 4.79 Å². The number of nitrogens with zero attached hydrogens (tertiary/aromatic N) is 1. The molecular weight excluding hydrogens is 266 g/mol. The Morgan fingerprint density at radius 3 is 2.38 bits per heavy atom. The lowest BCUT2D eigenvalue weighted by atomic mass is 10.2. The predicted molar refractivity (Wildman–Crippen MR) is 82.8 cm³/mol. The molecule has 4 heteroatoms. The van der Waals surface area contributed by atoms with Crippen LogP contribution in [0.1, 0.15) is 15.9 Å². The van der Waals surface area contributed by atoms with Crippen LogP contribution >= 0.6 is 0 Å². The zero-order chi connectivity index (χ0) is 15.1. The number of carboxylic acid groups (broad SMARTS) is 1. The highest BCUT2D eigenvalue weighted by Gasteiger charge is 2.00. The van der Waals surface area contributed by atoms with Crippen molar-refractivity contribution in [2.45, 2.75) is 0 Å². The van der Waals surface area contributed by atoms with Crippen LogP contribution in [0.5, 0.6) is 5.75 Å². The fraction of sp³-hybridized carbons (Fsp3) is 0.0588. The molecule has 0 aromatic heterocycles. The van der Waals surface area contributed by atoms with Gasteiger partial charge >= 0.3 is 5.97 Å². The van der Waals surface area contributed by atoms with Gasteiger partial charge in [0.05, 0.1) is 11.3 Å². The highest BCUT2D eigenvalue weighted by atomic mass is 16.5. The fourth-order valence-corrected chi connectivity index (χ4v) is 1.64. The molecule has 2 aromatic rings. The van der Waals surface area contributed by atoms with E-state index >= 15 is 0 Å². The monoisotopic (exact) mass is 281 g/mol. The van der Waals surface area contributed by atoms with Crippen LogP contribution in [0.15, 0.2) is 66.2 Å². The van der Waals surface area contributed by atoms with Crippen molar-refractivity contribution in [1.29, 1.82) is 0 Å². The molecule has 0 spiro atoms. The first-order valence-corrected chi connectivity index (χ1v) is 6.40. The van der Waals surface area contributed by atoms with E-state index in [2.05, 4.69) is 11.6 Å². The molecule has 0 radical (unpaired) electrons. The highest BCUT2D eigenvalue weighted by Crippen LogP contribution is 2.15. The van der Waals surface area contributed by atoms with Crippen LogP contribution in [0, 0.1) is 0 Å². The number of benzene rings is 2. The Bertz CT molecular complexity index is 643. The molecule has 0 saturated heterocycles. The molecule has 0 atom stereocenters. The van der Waals surface area contributed by atoms with E-state index in [1.54, 1.807) is 24.4 Å². The molecule has 1 N–H and O–H groups in total. The van der Waals surface area contributed by atoms with Gasteiger partial charge in [0.2, 0.25) is 0 Å². The van der Waals surface area contributed by atoms with Crippen LogP contribution in [-0.4, -0.2) is 23.9 Å². The van der Waals surface area contributed by atoms with Crippen LogP contribution in [0.4, 0.5) is 5.69 Å². The van der Waals surface area contributed by atoms with Crippen LogP contribution in [0.2, 0.25) is 0 Å². The second-order valence-electron chi connectivity index (χ2n) is 4.28. The number of aromatic carboxylic acids is 1. The summed E-state index contributed by atoms with van der Waals surface area (Å²) in [6, 6.07) is 13.9. The van der Waals surface area contributed by atoms with Crippen molar-refractivity contribution in [3.8, 4) is 5.75 Å². The smallest absolute Gasteiger partial charge is 0.335 e. The maximum absolute atomic E-state index is 10.7. The average molecular weight is 281 g/mol. The van der Waals surface area contributed by atoms with E-state index in [1.807, 2.05) is 24.3 Å². The van der Waals surface area contributed by atoms with Gasteiger partial charge in [-0.1, -0.05) is 12.7 Å². The summed E-state index contributed by atoms with van der Waals surface area (Å²) < 4.78 is 5.39. The average Bonchev–Trinajstić information content (AvgIpc) is 2.52. The molecule has 4 nitrogen and oxygen atoms in total. The Hall–Kier alpha value is -2.88. The minimum absolute atomic E-state index is 0.248. The summed E-state index contributed by atoms with van der Waals surface area (Å²) in [5.74, 6) is -0.168. The summed E-state index contributed by atoms with van der Waals surface area (Å²) in [7, 11) is 0. The maximum Gasteiger partial charge on any atom is 0.335 e. The van der Waals surface area contributed by atoms with Crippen molar-refractivity contribution in [2.24, 2.45) is 4.99 Å². The maximum atomic E-state index is 10.7. The predicted octanol–water partition coefficient (Wildman–Crippen LogP) is 3.70. The molecule has 0 aliphatic carbocycles. The number of aliphatic imine (C=N–C) groups is 1. The molecule has 0 amide bonds. The van der Waals surface area contributed by atoms with Gasteiger partial charge in [-0.15, -0.1) is 0 Å². The third-order valence-corrected chi connectivity index (χ3v) is 2.72. The number of ether oxygens (including phenoxy) is 1. The molecule has 2 aromatic carbocycles. The van der Waals surface area contributed by atoms with E-state index in [-0.39, 0.29) is 5.56 Å². The van der Waals surface area contributed by atoms with Crippen molar-refractivity contribution in [2.75, 3.05) is 6.61 Å². The lowest BCUT2D eigenvalue weighted by Gasteiger charge is -2.02.